The molecule has 1 heterocycles. The second kappa shape index (κ2) is 2.39. The van der Waals surface area contributed by atoms with E-state index in [0.717, 1.165) is 12.5 Å². The van der Waals surface area contributed by atoms with Gasteiger partial charge in [0.05, 0.1) is 6.10 Å². The van der Waals surface area contributed by atoms with E-state index in [9.17, 15) is 0 Å². The molecule has 0 aromatic rings. The van der Waals surface area contributed by atoms with E-state index >= 15 is 0 Å². The Labute approximate surface area is 62.1 Å². The average Bonchev–Trinajstić information content (AvgIpc) is 2.36. The molecule has 1 saturated heterocycles. The number of ether oxygens (including phenoxy) is 1. The number of rotatable bonds is 0. The van der Waals surface area contributed by atoms with Crippen molar-refractivity contribution in [2.24, 2.45) is 11.8 Å². The molecule has 1 heteroatoms. The van der Waals surface area contributed by atoms with Gasteiger partial charge >= 0.3 is 0 Å². The zero-order chi connectivity index (χ0) is 6.97. The van der Waals surface area contributed by atoms with Gasteiger partial charge in [-0.15, -0.1) is 0 Å². The summed E-state index contributed by atoms with van der Waals surface area (Å²) in [6.45, 7) is 3.24. The van der Waals surface area contributed by atoms with E-state index in [1.165, 1.54) is 12.8 Å². The maximum absolute atomic E-state index is 5.62. The third-order valence-corrected chi connectivity index (χ3v) is 2.66. The van der Waals surface area contributed by atoms with Crippen molar-refractivity contribution in [3.8, 4) is 0 Å². The summed E-state index contributed by atoms with van der Waals surface area (Å²) < 4.78 is 5.62. The Morgan fingerprint density at radius 1 is 1.50 bits per heavy atom. The topological polar surface area (TPSA) is 9.23 Å². The van der Waals surface area contributed by atoms with E-state index in [-0.39, 0.29) is 0 Å². The first kappa shape index (κ1) is 6.41. The van der Waals surface area contributed by atoms with Gasteiger partial charge in [-0.05, 0) is 18.8 Å². The Balaban J connectivity index is 2.13. The molecule has 0 radical (unpaired) electrons. The van der Waals surface area contributed by atoms with E-state index in [1.54, 1.807) is 0 Å². The van der Waals surface area contributed by atoms with Gasteiger partial charge in [0.25, 0.3) is 0 Å². The molecule has 0 bridgehead atoms. The molecule has 2 rings (SSSR count). The van der Waals surface area contributed by atoms with Gasteiger partial charge in [-0.2, -0.15) is 0 Å². The first-order valence-corrected chi connectivity index (χ1v) is 4.16. The molecule has 3 unspecified atom stereocenters. The Hall–Kier alpha value is -0.300. The van der Waals surface area contributed by atoms with Crippen molar-refractivity contribution in [1.29, 1.82) is 0 Å². The van der Waals surface area contributed by atoms with Crippen LogP contribution in [0.4, 0.5) is 0 Å². The molecule has 3 atom stereocenters. The van der Waals surface area contributed by atoms with Crippen LogP contribution in [0.2, 0.25) is 0 Å². The van der Waals surface area contributed by atoms with Crippen LogP contribution in [0, 0.1) is 11.8 Å². The fourth-order valence-corrected chi connectivity index (χ4v) is 2.07. The summed E-state index contributed by atoms with van der Waals surface area (Å²) >= 11 is 0. The highest BCUT2D eigenvalue weighted by Gasteiger charge is 2.32. The van der Waals surface area contributed by atoms with Crippen LogP contribution >= 0.6 is 0 Å². The summed E-state index contributed by atoms with van der Waals surface area (Å²) in [6, 6.07) is 0. The summed E-state index contributed by atoms with van der Waals surface area (Å²) in [6.07, 6.45) is 7.66. The summed E-state index contributed by atoms with van der Waals surface area (Å²) in [7, 11) is 0. The molecule has 10 heavy (non-hydrogen) atoms. The Morgan fingerprint density at radius 2 is 2.40 bits per heavy atom. The van der Waals surface area contributed by atoms with Crippen LogP contribution in [0.3, 0.4) is 0 Å². The summed E-state index contributed by atoms with van der Waals surface area (Å²) in [5.41, 5.74) is 0. The van der Waals surface area contributed by atoms with Gasteiger partial charge in [0.2, 0.25) is 0 Å². The maximum Gasteiger partial charge on any atom is 0.0666 e. The smallest absolute Gasteiger partial charge is 0.0666 e. The molecule has 1 nitrogen and oxygen atoms in total. The third-order valence-electron chi connectivity index (χ3n) is 2.66. The third kappa shape index (κ3) is 0.891. The molecule has 0 spiro atoms. The van der Waals surface area contributed by atoms with E-state index in [4.69, 9.17) is 4.74 Å². The standard InChI is InChI=1S/C9H14O/c1-7-3-2-4-8-5-6-10-9(7)8/h2-3,7-9H,4-6H2,1H3. The minimum Gasteiger partial charge on any atom is -0.377 e. The second-order valence-electron chi connectivity index (χ2n) is 3.41. The van der Waals surface area contributed by atoms with Crippen LogP contribution in [0.15, 0.2) is 12.2 Å². The quantitative estimate of drug-likeness (QED) is 0.465. The van der Waals surface area contributed by atoms with Gasteiger partial charge < -0.3 is 4.74 Å². The number of hydrogen-bond donors (Lipinski definition) is 0. The fraction of sp³-hybridized carbons (Fsp3) is 0.778. The van der Waals surface area contributed by atoms with Crippen LogP contribution in [0.25, 0.3) is 0 Å². The van der Waals surface area contributed by atoms with E-state index in [0.29, 0.717) is 12.0 Å². The number of fused-ring (bicyclic) bond motifs is 1. The van der Waals surface area contributed by atoms with E-state index in [1.807, 2.05) is 0 Å². The Morgan fingerprint density at radius 3 is 3.20 bits per heavy atom. The summed E-state index contributed by atoms with van der Waals surface area (Å²) in [5, 5.41) is 0. The molecular formula is C9H14O. The summed E-state index contributed by atoms with van der Waals surface area (Å²) in [5.74, 6) is 1.49. The lowest BCUT2D eigenvalue weighted by Gasteiger charge is -2.25. The van der Waals surface area contributed by atoms with Gasteiger partial charge in [-0.25, -0.2) is 0 Å². The van der Waals surface area contributed by atoms with Crippen LogP contribution in [-0.2, 0) is 4.74 Å². The van der Waals surface area contributed by atoms with Crippen molar-refractivity contribution >= 4 is 0 Å². The Bertz CT molecular complexity index is 151. The summed E-state index contributed by atoms with van der Waals surface area (Å²) in [4.78, 5) is 0. The molecule has 0 saturated carbocycles. The SMILES string of the molecule is CC1C=CCC2CCOC12. The minimum atomic E-state index is 0.546. The highest BCUT2D eigenvalue weighted by Crippen LogP contribution is 2.33. The predicted octanol–water partition coefficient (Wildman–Crippen LogP) is 1.99. The largest absolute Gasteiger partial charge is 0.377 e. The maximum atomic E-state index is 5.62. The average molecular weight is 138 g/mol. The van der Waals surface area contributed by atoms with Crippen molar-refractivity contribution in [2.75, 3.05) is 6.61 Å². The molecule has 1 fully saturated rings. The number of allylic oxidation sites excluding steroid dienone is 1. The van der Waals surface area contributed by atoms with Crippen molar-refractivity contribution in [3.63, 3.8) is 0 Å². The zero-order valence-corrected chi connectivity index (χ0v) is 6.42. The van der Waals surface area contributed by atoms with Gasteiger partial charge in [-0.3, -0.25) is 0 Å². The molecule has 0 aromatic heterocycles. The van der Waals surface area contributed by atoms with Gasteiger partial charge in [-0.1, -0.05) is 19.1 Å². The van der Waals surface area contributed by atoms with Crippen LogP contribution in [0.1, 0.15) is 19.8 Å². The normalized spacial score (nSPS) is 45.5. The fourth-order valence-electron chi connectivity index (χ4n) is 2.07. The predicted molar refractivity (Wildman–Crippen MR) is 40.8 cm³/mol. The second-order valence-corrected chi connectivity index (χ2v) is 3.41. The van der Waals surface area contributed by atoms with Crippen molar-refractivity contribution < 1.29 is 4.74 Å². The van der Waals surface area contributed by atoms with E-state index < -0.39 is 0 Å². The first-order valence-electron chi connectivity index (χ1n) is 4.16. The lowest BCUT2D eigenvalue weighted by atomic mass is 9.85. The lowest BCUT2D eigenvalue weighted by molar-refractivity contribution is 0.0596. The molecule has 0 amide bonds. The zero-order valence-electron chi connectivity index (χ0n) is 6.42. The van der Waals surface area contributed by atoms with Crippen LogP contribution in [0.5, 0.6) is 0 Å². The lowest BCUT2D eigenvalue weighted by Crippen LogP contribution is -2.25. The molecule has 1 aliphatic carbocycles. The monoisotopic (exact) mass is 138 g/mol. The molecule has 2 aliphatic rings. The van der Waals surface area contributed by atoms with Gasteiger partial charge in [0, 0.05) is 12.5 Å². The van der Waals surface area contributed by atoms with Gasteiger partial charge in [0.1, 0.15) is 0 Å². The number of hydrogen-bond acceptors (Lipinski definition) is 1. The highest BCUT2D eigenvalue weighted by molar-refractivity contribution is 5.01. The molecule has 0 N–H and O–H groups in total. The highest BCUT2D eigenvalue weighted by atomic mass is 16.5. The molecule has 56 valence electrons. The van der Waals surface area contributed by atoms with Crippen LogP contribution in [-0.4, -0.2) is 12.7 Å². The van der Waals surface area contributed by atoms with Crippen LogP contribution < -0.4 is 0 Å². The first-order chi connectivity index (χ1) is 4.88. The Kier molecular flexibility index (Phi) is 1.53. The molecular weight excluding hydrogens is 124 g/mol. The van der Waals surface area contributed by atoms with E-state index in [2.05, 4.69) is 19.1 Å². The van der Waals surface area contributed by atoms with Gasteiger partial charge in [0.15, 0.2) is 0 Å². The van der Waals surface area contributed by atoms with Crippen molar-refractivity contribution in [3.05, 3.63) is 12.2 Å². The van der Waals surface area contributed by atoms with Crippen molar-refractivity contribution in [1.82, 2.24) is 0 Å². The minimum absolute atomic E-state index is 0.546. The van der Waals surface area contributed by atoms with Crippen molar-refractivity contribution in [2.45, 2.75) is 25.9 Å². The molecule has 1 aliphatic heterocycles. The molecule has 0 aromatic carbocycles.